The molecule has 0 radical (unpaired) electrons. The Kier molecular flexibility index (Phi) is 2.06. The van der Waals surface area contributed by atoms with Crippen molar-refractivity contribution in [2.24, 2.45) is 11.1 Å². The molecule has 0 heterocycles. The lowest BCUT2D eigenvalue weighted by Crippen LogP contribution is -2.29. The molecule has 1 saturated carbocycles. The third-order valence-corrected chi connectivity index (χ3v) is 3.41. The first kappa shape index (κ1) is 9.25. The minimum atomic E-state index is -0.249. The highest BCUT2D eigenvalue weighted by Gasteiger charge is 2.52. The van der Waals surface area contributed by atoms with E-state index in [4.69, 9.17) is 5.73 Å². The maximum atomic E-state index is 11.3. The number of benzene rings is 1. The maximum absolute atomic E-state index is 11.3. The standard InChI is InChI=1S/C12H15NO/c1-9(10-5-3-2-4-6-10)12(7-8-12)11(13)14/h2-6,9H,7-8H2,1H3,(H2,13,14). The first-order valence-corrected chi connectivity index (χ1v) is 5.02. The summed E-state index contributed by atoms with van der Waals surface area (Å²) in [5.41, 5.74) is 6.40. The fourth-order valence-corrected chi connectivity index (χ4v) is 2.09. The van der Waals surface area contributed by atoms with Gasteiger partial charge in [0, 0.05) is 0 Å². The van der Waals surface area contributed by atoms with E-state index in [0.717, 1.165) is 12.8 Å². The van der Waals surface area contributed by atoms with Crippen molar-refractivity contribution in [3.05, 3.63) is 35.9 Å². The highest BCUT2D eigenvalue weighted by atomic mass is 16.1. The van der Waals surface area contributed by atoms with Gasteiger partial charge in [0.2, 0.25) is 5.91 Å². The van der Waals surface area contributed by atoms with Crippen LogP contribution in [0.4, 0.5) is 0 Å². The summed E-state index contributed by atoms with van der Waals surface area (Å²) in [6.45, 7) is 2.09. The highest BCUT2D eigenvalue weighted by molar-refractivity contribution is 5.84. The molecule has 1 atom stereocenters. The third-order valence-electron chi connectivity index (χ3n) is 3.41. The van der Waals surface area contributed by atoms with Gasteiger partial charge < -0.3 is 5.73 Å². The Morgan fingerprint density at radius 1 is 1.36 bits per heavy atom. The number of carbonyl (C=O) groups excluding carboxylic acids is 1. The molecular formula is C12H15NO. The van der Waals surface area contributed by atoms with E-state index in [1.54, 1.807) is 0 Å². The molecule has 2 N–H and O–H groups in total. The van der Waals surface area contributed by atoms with Crippen molar-refractivity contribution in [2.75, 3.05) is 0 Å². The summed E-state index contributed by atoms with van der Waals surface area (Å²) in [7, 11) is 0. The average molecular weight is 189 g/mol. The van der Waals surface area contributed by atoms with Crippen LogP contribution in [0.15, 0.2) is 30.3 Å². The van der Waals surface area contributed by atoms with E-state index in [-0.39, 0.29) is 17.2 Å². The van der Waals surface area contributed by atoms with E-state index < -0.39 is 0 Å². The van der Waals surface area contributed by atoms with Crippen molar-refractivity contribution in [3.8, 4) is 0 Å². The van der Waals surface area contributed by atoms with E-state index in [0.29, 0.717) is 0 Å². The molecule has 2 heteroatoms. The molecule has 14 heavy (non-hydrogen) atoms. The quantitative estimate of drug-likeness (QED) is 0.777. The molecule has 1 aromatic rings. The Bertz CT molecular complexity index is 341. The molecule has 2 rings (SSSR count). The second-order valence-corrected chi connectivity index (χ2v) is 4.15. The Hall–Kier alpha value is -1.31. The summed E-state index contributed by atoms with van der Waals surface area (Å²) < 4.78 is 0. The second-order valence-electron chi connectivity index (χ2n) is 4.15. The lowest BCUT2D eigenvalue weighted by Gasteiger charge is -2.20. The van der Waals surface area contributed by atoms with Crippen molar-refractivity contribution in [2.45, 2.75) is 25.7 Å². The molecule has 2 nitrogen and oxygen atoms in total. The summed E-state index contributed by atoms with van der Waals surface area (Å²) >= 11 is 0. The van der Waals surface area contributed by atoms with E-state index in [9.17, 15) is 4.79 Å². The zero-order valence-corrected chi connectivity index (χ0v) is 8.36. The van der Waals surface area contributed by atoms with Crippen LogP contribution in [0.25, 0.3) is 0 Å². The second kappa shape index (κ2) is 3.12. The summed E-state index contributed by atoms with van der Waals surface area (Å²) in [5, 5.41) is 0. The molecule has 1 unspecified atom stereocenters. The van der Waals surface area contributed by atoms with Gasteiger partial charge in [0.15, 0.2) is 0 Å². The third kappa shape index (κ3) is 1.31. The lowest BCUT2D eigenvalue weighted by molar-refractivity contribution is -0.123. The summed E-state index contributed by atoms with van der Waals surface area (Å²) in [6.07, 6.45) is 1.89. The van der Waals surface area contributed by atoms with Gasteiger partial charge in [-0.3, -0.25) is 4.79 Å². The minimum Gasteiger partial charge on any atom is -0.369 e. The molecule has 0 saturated heterocycles. The molecule has 0 aromatic heterocycles. The van der Waals surface area contributed by atoms with Gasteiger partial charge in [-0.15, -0.1) is 0 Å². The van der Waals surface area contributed by atoms with Crippen molar-refractivity contribution in [1.29, 1.82) is 0 Å². The molecule has 1 fully saturated rings. The predicted octanol–water partition coefficient (Wildman–Crippen LogP) is 2.06. The number of primary amides is 1. The summed E-state index contributed by atoms with van der Waals surface area (Å²) in [5.74, 6) is 0.107. The van der Waals surface area contributed by atoms with Gasteiger partial charge in [-0.1, -0.05) is 37.3 Å². The molecule has 1 aliphatic rings. The average Bonchev–Trinajstić information content (AvgIpc) is 2.99. The fraction of sp³-hybridized carbons (Fsp3) is 0.417. The normalized spacial score (nSPS) is 20.1. The van der Waals surface area contributed by atoms with E-state index in [1.165, 1.54) is 5.56 Å². The van der Waals surface area contributed by atoms with Crippen molar-refractivity contribution in [3.63, 3.8) is 0 Å². The van der Waals surface area contributed by atoms with Gasteiger partial charge >= 0.3 is 0 Å². The van der Waals surface area contributed by atoms with Gasteiger partial charge in [-0.05, 0) is 24.3 Å². The van der Waals surface area contributed by atoms with Crippen LogP contribution >= 0.6 is 0 Å². The Morgan fingerprint density at radius 2 is 1.93 bits per heavy atom. The highest BCUT2D eigenvalue weighted by Crippen LogP contribution is 2.55. The number of nitrogens with two attached hydrogens (primary N) is 1. The first-order chi connectivity index (χ1) is 6.67. The van der Waals surface area contributed by atoms with Crippen LogP contribution in [-0.2, 0) is 4.79 Å². The molecule has 1 aromatic carbocycles. The Labute approximate surface area is 84.1 Å². The number of amides is 1. The van der Waals surface area contributed by atoms with Crippen molar-refractivity contribution >= 4 is 5.91 Å². The Morgan fingerprint density at radius 3 is 2.36 bits per heavy atom. The van der Waals surface area contributed by atoms with Crippen LogP contribution in [-0.4, -0.2) is 5.91 Å². The van der Waals surface area contributed by atoms with Crippen LogP contribution in [0.1, 0.15) is 31.2 Å². The van der Waals surface area contributed by atoms with Crippen LogP contribution in [0.2, 0.25) is 0 Å². The largest absolute Gasteiger partial charge is 0.369 e. The van der Waals surface area contributed by atoms with E-state index in [2.05, 4.69) is 19.1 Å². The van der Waals surface area contributed by atoms with Gasteiger partial charge in [-0.2, -0.15) is 0 Å². The van der Waals surface area contributed by atoms with Crippen LogP contribution < -0.4 is 5.73 Å². The fourth-order valence-electron chi connectivity index (χ4n) is 2.09. The topological polar surface area (TPSA) is 43.1 Å². The molecular weight excluding hydrogens is 174 g/mol. The molecule has 0 spiro atoms. The molecule has 1 aliphatic carbocycles. The number of rotatable bonds is 3. The van der Waals surface area contributed by atoms with Crippen molar-refractivity contribution in [1.82, 2.24) is 0 Å². The summed E-state index contributed by atoms with van der Waals surface area (Å²) in [6, 6.07) is 10.1. The maximum Gasteiger partial charge on any atom is 0.224 e. The SMILES string of the molecule is CC(c1ccccc1)C1(C(N)=O)CC1. The molecule has 0 bridgehead atoms. The smallest absolute Gasteiger partial charge is 0.224 e. The van der Waals surface area contributed by atoms with Crippen molar-refractivity contribution < 1.29 is 4.79 Å². The zero-order valence-electron chi connectivity index (χ0n) is 8.36. The number of hydrogen-bond donors (Lipinski definition) is 1. The monoisotopic (exact) mass is 189 g/mol. The van der Waals surface area contributed by atoms with Crippen LogP contribution in [0.3, 0.4) is 0 Å². The zero-order chi connectivity index (χ0) is 10.2. The number of carbonyl (C=O) groups is 1. The van der Waals surface area contributed by atoms with Gasteiger partial charge in [-0.25, -0.2) is 0 Å². The first-order valence-electron chi connectivity index (χ1n) is 5.02. The van der Waals surface area contributed by atoms with Gasteiger partial charge in [0.25, 0.3) is 0 Å². The van der Waals surface area contributed by atoms with Crippen LogP contribution in [0.5, 0.6) is 0 Å². The molecule has 0 aliphatic heterocycles. The van der Waals surface area contributed by atoms with E-state index in [1.807, 2.05) is 18.2 Å². The Balaban J connectivity index is 2.25. The molecule has 1 amide bonds. The number of hydrogen-bond acceptors (Lipinski definition) is 1. The van der Waals surface area contributed by atoms with Gasteiger partial charge in [0.1, 0.15) is 0 Å². The predicted molar refractivity (Wildman–Crippen MR) is 55.7 cm³/mol. The molecule has 74 valence electrons. The lowest BCUT2D eigenvalue weighted by atomic mass is 9.84. The van der Waals surface area contributed by atoms with Crippen LogP contribution in [0, 0.1) is 5.41 Å². The minimum absolute atomic E-state index is 0.145. The van der Waals surface area contributed by atoms with Gasteiger partial charge in [0.05, 0.1) is 5.41 Å². The van der Waals surface area contributed by atoms with E-state index >= 15 is 0 Å². The summed E-state index contributed by atoms with van der Waals surface area (Å²) in [4.78, 5) is 11.3.